The number of aliphatic hydroxyl groups excluding tert-OH is 1. The molecular weight excluding hydrogens is 428 g/mol. The molecule has 8 nitrogen and oxygen atoms in total. The number of H-pyrrole nitrogens is 1. The van der Waals surface area contributed by atoms with Gasteiger partial charge in [-0.05, 0) is 73.0 Å². The fourth-order valence-electron chi connectivity index (χ4n) is 6.33. The lowest BCUT2D eigenvalue weighted by Gasteiger charge is -2.45. The van der Waals surface area contributed by atoms with Crippen LogP contribution < -0.4 is 5.56 Å². The SMILES string of the molecule is Cc1cc(C)c2[nH]c(=O)c(CN(CCO)C3(c4nnnn4C4CCCC4)CCCCC3)cc2c1. The number of fused-ring (bicyclic) bond motifs is 1. The van der Waals surface area contributed by atoms with Crippen molar-refractivity contribution in [2.75, 3.05) is 13.2 Å². The molecule has 0 atom stereocenters. The molecule has 0 unspecified atom stereocenters. The van der Waals surface area contributed by atoms with Crippen LogP contribution in [0.25, 0.3) is 10.9 Å². The standard InChI is InChI=1S/C26H36N6O2/c1-18-14-19(2)23-20(15-18)16-21(24(34)27-23)17-31(12-13-33)26(10-6-3-7-11-26)25-28-29-30-32(25)22-8-4-5-9-22/h14-16,22,33H,3-13,17H2,1-2H3,(H,27,34). The third-order valence-corrected chi connectivity index (χ3v) is 7.97. The first-order chi connectivity index (χ1) is 16.5. The van der Waals surface area contributed by atoms with Crippen molar-refractivity contribution in [3.8, 4) is 0 Å². The number of rotatable bonds is 7. The van der Waals surface area contributed by atoms with E-state index in [0.717, 1.165) is 66.4 Å². The highest BCUT2D eigenvalue weighted by molar-refractivity contribution is 5.82. The van der Waals surface area contributed by atoms with Crippen molar-refractivity contribution in [3.05, 3.63) is 51.1 Å². The molecule has 0 bridgehead atoms. The van der Waals surface area contributed by atoms with Gasteiger partial charge in [-0.2, -0.15) is 0 Å². The quantitative estimate of drug-likeness (QED) is 0.550. The van der Waals surface area contributed by atoms with E-state index in [1.165, 1.54) is 24.8 Å². The minimum Gasteiger partial charge on any atom is -0.395 e. The summed E-state index contributed by atoms with van der Waals surface area (Å²) in [5.41, 5.74) is 3.42. The normalized spacial score (nSPS) is 18.8. The van der Waals surface area contributed by atoms with E-state index in [9.17, 15) is 9.90 Å². The van der Waals surface area contributed by atoms with Crippen LogP contribution in [0.3, 0.4) is 0 Å². The molecule has 5 rings (SSSR count). The van der Waals surface area contributed by atoms with Gasteiger partial charge in [-0.25, -0.2) is 4.68 Å². The van der Waals surface area contributed by atoms with Gasteiger partial charge in [0.25, 0.3) is 5.56 Å². The van der Waals surface area contributed by atoms with E-state index in [-0.39, 0.29) is 17.7 Å². The summed E-state index contributed by atoms with van der Waals surface area (Å²) in [6.07, 6.45) is 9.87. The van der Waals surface area contributed by atoms with Crippen LogP contribution in [-0.4, -0.2) is 48.3 Å². The molecule has 2 aliphatic carbocycles. The van der Waals surface area contributed by atoms with Crippen molar-refractivity contribution in [2.24, 2.45) is 0 Å². The van der Waals surface area contributed by atoms with E-state index in [4.69, 9.17) is 0 Å². The molecule has 2 N–H and O–H groups in total. The monoisotopic (exact) mass is 464 g/mol. The Morgan fingerprint density at radius 2 is 1.88 bits per heavy atom. The predicted octanol–water partition coefficient (Wildman–Crippen LogP) is 3.90. The van der Waals surface area contributed by atoms with Crippen molar-refractivity contribution in [1.82, 2.24) is 30.1 Å². The molecule has 3 aromatic rings. The lowest BCUT2D eigenvalue weighted by atomic mass is 9.79. The highest BCUT2D eigenvalue weighted by Gasteiger charge is 2.45. The van der Waals surface area contributed by atoms with Crippen LogP contribution in [0.15, 0.2) is 23.0 Å². The van der Waals surface area contributed by atoms with E-state index < -0.39 is 0 Å². The Morgan fingerprint density at radius 3 is 2.62 bits per heavy atom. The van der Waals surface area contributed by atoms with Crippen LogP contribution in [-0.2, 0) is 12.1 Å². The number of pyridine rings is 1. The number of tetrazole rings is 1. The highest BCUT2D eigenvalue weighted by atomic mass is 16.3. The number of hydrogen-bond donors (Lipinski definition) is 2. The minimum absolute atomic E-state index is 0.0243. The Hall–Kier alpha value is -2.58. The molecule has 0 radical (unpaired) electrons. The van der Waals surface area contributed by atoms with Gasteiger partial charge in [0.2, 0.25) is 0 Å². The van der Waals surface area contributed by atoms with Crippen LogP contribution in [0, 0.1) is 13.8 Å². The molecular formula is C26H36N6O2. The topological polar surface area (TPSA) is 99.9 Å². The summed E-state index contributed by atoms with van der Waals surface area (Å²) in [4.78, 5) is 18.6. The maximum atomic E-state index is 13.2. The first-order valence-electron chi connectivity index (χ1n) is 12.8. The van der Waals surface area contributed by atoms with E-state index in [1.807, 2.05) is 13.0 Å². The number of aromatic amines is 1. The molecule has 2 aliphatic rings. The number of nitrogens with zero attached hydrogens (tertiary/aromatic N) is 5. The number of benzene rings is 1. The number of aliphatic hydroxyl groups is 1. The van der Waals surface area contributed by atoms with Crippen molar-refractivity contribution >= 4 is 10.9 Å². The number of nitrogens with one attached hydrogen (secondary N) is 1. The van der Waals surface area contributed by atoms with Gasteiger partial charge in [0.05, 0.1) is 23.7 Å². The molecule has 8 heteroatoms. The van der Waals surface area contributed by atoms with Crippen LogP contribution in [0.4, 0.5) is 0 Å². The molecule has 2 saturated carbocycles. The van der Waals surface area contributed by atoms with Crippen molar-refractivity contribution < 1.29 is 5.11 Å². The smallest absolute Gasteiger partial charge is 0.252 e. The van der Waals surface area contributed by atoms with E-state index in [2.05, 4.69) is 49.1 Å². The van der Waals surface area contributed by atoms with Crippen LogP contribution in [0.5, 0.6) is 0 Å². The van der Waals surface area contributed by atoms with Gasteiger partial charge in [0.1, 0.15) is 0 Å². The zero-order chi connectivity index (χ0) is 23.7. The van der Waals surface area contributed by atoms with E-state index >= 15 is 0 Å². The van der Waals surface area contributed by atoms with Crippen LogP contribution in [0.1, 0.15) is 86.3 Å². The van der Waals surface area contributed by atoms with Gasteiger partial charge in [-0.3, -0.25) is 9.69 Å². The number of hydrogen-bond acceptors (Lipinski definition) is 6. The Labute approximate surface area is 200 Å². The Bertz CT molecular complexity index is 1200. The average Bonchev–Trinajstić information content (AvgIpc) is 3.52. The lowest BCUT2D eigenvalue weighted by molar-refractivity contribution is 0.0131. The van der Waals surface area contributed by atoms with Gasteiger partial charge < -0.3 is 10.1 Å². The third kappa shape index (κ3) is 4.18. The van der Waals surface area contributed by atoms with Gasteiger partial charge in [-0.15, -0.1) is 5.10 Å². The first-order valence-corrected chi connectivity index (χ1v) is 12.8. The second-order valence-electron chi connectivity index (χ2n) is 10.3. The van der Waals surface area contributed by atoms with Crippen molar-refractivity contribution in [3.63, 3.8) is 0 Å². The lowest BCUT2D eigenvalue weighted by Crippen LogP contribution is -2.50. The van der Waals surface area contributed by atoms with Gasteiger partial charge in [0, 0.05) is 18.7 Å². The summed E-state index contributed by atoms with van der Waals surface area (Å²) in [6, 6.07) is 6.58. The summed E-state index contributed by atoms with van der Waals surface area (Å²) >= 11 is 0. The zero-order valence-corrected chi connectivity index (χ0v) is 20.4. The molecule has 0 spiro atoms. The van der Waals surface area contributed by atoms with Gasteiger partial charge in [0.15, 0.2) is 5.82 Å². The Morgan fingerprint density at radius 1 is 1.12 bits per heavy atom. The van der Waals surface area contributed by atoms with Crippen molar-refractivity contribution in [2.45, 2.75) is 89.8 Å². The molecule has 182 valence electrons. The largest absolute Gasteiger partial charge is 0.395 e. The number of aryl methyl sites for hydroxylation is 2. The van der Waals surface area contributed by atoms with Crippen LogP contribution in [0.2, 0.25) is 0 Å². The molecule has 34 heavy (non-hydrogen) atoms. The molecule has 2 fully saturated rings. The maximum absolute atomic E-state index is 13.2. The Balaban J connectivity index is 1.57. The summed E-state index contributed by atoms with van der Waals surface area (Å²) < 4.78 is 2.07. The zero-order valence-electron chi connectivity index (χ0n) is 20.4. The minimum atomic E-state index is -0.378. The fourth-order valence-corrected chi connectivity index (χ4v) is 6.33. The summed E-state index contributed by atoms with van der Waals surface area (Å²) in [6.45, 7) is 5.06. The molecule has 2 aromatic heterocycles. The van der Waals surface area contributed by atoms with E-state index in [0.29, 0.717) is 19.1 Å². The summed E-state index contributed by atoms with van der Waals surface area (Å²) in [7, 11) is 0. The van der Waals surface area contributed by atoms with Crippen LogP contribution >= 0.6 is 0 Å². The Kier molecular flexibility index (Phi) is 6.53. The first kappa shape index (κ1) is 23.2. The third-order valence-electron chi connectivity index (χ3n) is 7.97. The fraction of sp³-hybridized carbons (Fsp3) is 0.615. The molecule has 0 amide bonds. The van der Waals surface area contributed by atoms with Gasteiger partial charge in [-0.1, -0.05) is 43.7 Å². The number of aromatic nitrogens is 5. The second-order valence-corrected chi connectivity index (χ2v) is 10.3. The molecule has 0 saturated heterocycles. The summed E-state index contributed by atoms with van der Waals surface area (Å²) in [5, 5.41) is 24.3. The summed E-state index contributed by atoms with van der Waals surface area (Å²) in [5.74, 6) is 0.913. The molecule has 0 aliphatic heterocycles. The molecule has 2 heterocycles. The predicted molar refractivity (Wildman–Crippen MR) is 132 cm³/mol. The van der Waals surface area contributed by atoms with Crippen molar-refractivity contribution in [1.29, 1.82) is 0 Å². The second kappa shape index (κ2) is 9.58. The highest BCUT2D eigenvalue weighted by Crippen LogP contribution is 2.43. The molecule has 1 aromatic carbocycles. The van der Waals surface area contributed by atoms with E-state index in [1.54, 1.807) is 0 Å². The van der Waals surface area contributed by atoms with Gasteiger partial charge >= 0.3 is 0 Å². The maximum Gasteiger partial charge on any atom is 0.252 e. The average molecular weight is 465 g/mol.